The van der Waals surface area contributed by atoms with Gasteiger partial charge in [0.05, 0.1) is 22.5 Å². The maximum atomic E-state index is 12.8. The summed E-state index contributed by atoms with van der Waals surface area (Å²) in [7, 11) is 0. The zero-order chi connectivity index (χ0) is 21.2. The highest BCUT2D eigenvalue weighted by Crippen LogP contribution is 2.40. The molecule has 0 unspecified atom stereocenters. The lowest BCUT2D eigenvalue weighted by molar-refractivity contribution is -0.134. The van der Waals surface area contributed by atoms with E-state index >= 15 is 0 Å². The molecule has 0 spiro atoms. The Morgan fingerprint density at radius 3 is 2.34 bits per heavy atom. The third kappa shape index (κ3) is 5.30. The van der Waals surface area contributed by atoms with E-state index in [-0.39, 0.29) is 17.9 Å². The number of nitrogens with zero attached hydrogens (tertiary/aromatic N) is 2. The fourth-order valence-corrected chi connectivity index (χ4v) is 3.92. The van der Waals surface area contributed by atoms with Gasteiger partial charge in [-0.25, -0.2) is 4.68 Å². The Labute approximate surface area is 177 Å². The van der Waals surface area contributed by atoms with Crippen molar-refractivity contribution in [1.82, 2.24) is 9.78 Å². The molecular formula is C24H28N2O2S. The topological polar surface area (TPSA) is 44.1 Å². The van der Waals surface area contributed by atoms with Crippen LogP contribution in [0.25, 0.3) is 0 Å². The van der Waals surface area contributed by atoms with E-state index in [0.29, 0.717) is 5.88 Å². The molecule has 2 aromatic carbocycles. The van der Waals surface area contributed by atoms with Crippen molar-refractivity contribution in [2.24, 2.45) is 0 Å². The first-order valence-electron chi connectivity index (χ1n) is 9.74. The van der Waals surface area contributed by atoms with Crippen LogP contribution in [0.2, 0.25) is 0 Å². The van der Waals surface area contributed by atoms with Crippen LogP contribution < -0.4 is 4.74 Å². The molecule has 0 saturated carbocycles. The summed E-state index contributed by atoms with van der Waals surface area (Å²) in [6.45, 7) is 12.2. The van der Waals surface area contributed by atoms with Crippen LogP contribution in [0.1, 0.15) is 43.2 Å². The predicted molar refractivity (Wildman–Crippen MR) is 118 cm³/mol. The standard InChI is InChI=1S/C24H28N2O2S/c1-16-10-12-20(13-11-16)29-22-18(3)25-26(24(4,5)6)23(22)28-21(27)15-19-9-7-8-17(2)14-19/h7-14H,15H2,1-6H3. The van der Waals surface area contributed by atoms with Gasteiger partial charge in [0, 0.05) is 4.90 Å². The lowest BCUT2D eigenvalue weighted by Crippen LogP contribution is -2.26. The first-order valence-corrected chi connectivity index (χ1v) is 10.6. The summed E-state index contributed by atoms with van der Waals surface area (Å²) in [6.07, 6.45) is 0.227. The molecule has 29 heavy (non-hydrogen) atoms. The van der Waals surface area contributed by atoms with Crippen molar-refractivity contribution in [2.45, 2.75) is 63.3 Å². The third-order valence-corrected chi connectivity index (χ3v) is 5.67. The smallest absolute Gasteiger partial charge is 0.317 e. The van der Waals surface area contributed by atoms with Crippen molar-refractivity contribution in [2.75, 3.05) is 0 Å². The SMILES string of the molecule is Cc1ccc(Sc2c(C)nn(C(C)(C)C)c2OC(=O)Cc2cccc(C)c2)cc1. The Morgan fingerprint density at radius 2 is 1.72 bits per heavy atom. The Morgan fingerprint density at radius 1 is 1.03 bits per heavy atom. The Bertz CT molecular complexity index is 1010. The van der Waals surface area contributed by atoms with E-state index in [0.717, 1.165) is 26.6 Å². The van der Waals surface area contributed by atoms with E-state index in [1.54, 1.807) is 11.8 Å². The van der Waals surface area contributed by atoms with Gasteiger partial charge in [0.25, 0.3) is 0 Å². The van der Waals surface area contributed by atoms with Gasteiger partial charge < -0.3 is 4.74 Å². The number of rotatable bonds is 5. The fourth-order valence-electron chi connectivity index (χ4n) is 3.01. The predicted octanol–water partition coefficient (Wildman–Crippen LogP) is 5.86. The van der Waals surface area contributed by atoms with Crippen LogP contribution in [0.4, 0.5) is 0 Å². The highest BCUT2D eigenvalue weighted by Gasteiger charge is 2.27. The summed E-state index contributed by atoms with van der Waals surface area (Å²) in [4.78, 5) is 14.7. The van der Waals surface area contributed by atoms with Gasteiger partial charge in [-0.2, -0.15) is 5.10 Å². The Balaban J connectivity index is 1.92. The van der Waals surface area contributed by atoms with Crippen molar-refractivity contribution in [3.05, 3.63) is 70.9 Å². The molecule has 0 radical (unpaired) electrons. The number of aromatic nitrogens is 2. The number of hydrogen-bond donors (Lipinski definition) is 0. The highest BCUT2D eigenvalue weighted by atomic mass is 32.2. The van der Waals surface area contributed by atoms with Crippen LogP contribution in [0.5, 0.6) is 5.88 Å². The molecule has 0 aliphatic heterocycles. The van der Waals surface area contributed by atoms with Crippen molar-refractivity contribution >= 4 is 17.7 Å². The molecule has 1 heterocycles. The number of esters is 1. The molecule has 0 aliphatic carbocycles. The summed E-state index contributed by atoms with van der Waals surface area (Å²) in [5.41, 5.74) is 3.82. The van der Waals surface area contributed by atoms with Gasteiger partial charge in [-0.15, -0.1) is 0 Å². The van der Waals surface area contributed by atoms with Gasteiger partial charge in [0.1, 0.15) is 0 Å². The van der Waals surface area contributed by atoms with Crippen LogP contribution in [0.15, 0.2) is 58.3 Å². The van der Waals surface area contributed by atoms with Crippen LogP contribution in [-0.2, 0) is 16.8 Å². The quantitative estimate of drug-likeness (QED) is 0.496. The molecular weight excluding hydrogens is 380 g/mol. The van der Waals surface area contributed by atoms with E-state index in [1.807, 2.05) is 42.8 Å². The second kappa shape index (κ2) is 8.46. The monoisotopic (exact) mass is 408 g/mol. The van der Waals surface area contributed by atoms with Crippen molar-refractivity contribution in [3.8, 4) is 5.88 Å². The van der Waals surface area contributed by atoms with Crippen LogP contribution in [0, 0.1) is 20.8 Å². The number of carbonyl (C=O) groups excluding carboxylic acids is 1. The Hall–Kier alpha value is -2.53. The summed E-state index contributed by atoms with van der Waals surface area (Å²) < 4.78 is 7.72. The molecule has 0 amide bonds. The number of benzene rings is 2. The molecule has 0 saturated heterocycles. The van der Waals surface area contributed by atoms with E-state index < -0.39 is 0 Å². The minimum atomic E-state index is -0.310. The minimum absolute atomic E-state index is 0.227. The van der Waals surface area contributed by atoms with Crippen molar-refractivity contribution in [1.29, 1.82) is 0 Å². The van der Waals surface area contributed by atoms with Crippen LogP contribution in [-0.4, -0.2) is 15.7 Å². The lowest BCUT2D eigenvalue weighted by Gasteiger charge is -2.22. The largest absolute Gasteiger partial charge is 0.406 e. The summed E-state index contributed by atoms with van der Waals surface area (Å²) >= 11 is 1.58. The second-order valence-corrected chi connectivity index (χ2v) is 9.44. The van der Waals surface area contributed by atoms with E-state index in [1.165, 1.54) is 5.56 Å². The number of carbonyl (C=O) groups is 1. The molecule has 0 atom stereocenters. The molecule has 152 valence electrons. The summed E-state index contributed by atoms with van der Waals surface area (Å²) in [5, 5.41) is 4.69. The van der Waals surface area contributed by atoms with Gasteiger partial charge in [0.15, 0.2) is 0 Å². The number of ether oxygens (including phenoxy) is 1. The van der Waals surface area contributed by atoms with E-state index in [9.17, 15) is 4.79 Å². The minimum Gasteiger partial charge on any atom is -0.406 e. The highest BCUT2D eigenvalue weighted by molar-refractivity contribution is 7.99. The van der Waals surface area contributed by atoms with Gasteiger partial charge in [-0.1, -0.05) is 59.3 Å². The maximum Gasteiger partial charge on any atom is 0.317 e. The first kappa shape index (κ1) is 21.2. The van der Waals surface area contributed by atoms with E-state index in [4.69, 9.17) is 4.74 Å². The zero-order valence-corrected chi connectivity index (χ0v) is 18.8. The van der Waals surface area contributed by atoms with Crippen molar-refractivity contribution < 1.29 is 9.53 Å². The molecule has 0 aliphatic rings. The molecule has 0 N–H and O–H groups in total. The average Bonchev–Trinajstić information content (AvgIpc) is 2.93. The number of hydrogen-bond acceptors (Lipinski definition) is 4. The van der Waals surface area contributed by atoms with Crippen LogP contribution >= 0.6 is 11.8 Å². The number of aryl methyl sites for hydroxylation is 3. The molecule has 3 rings (SSSR count). The molecule has 3 aromatic rings. The van der Waals surface area contributed by atoms with Gasteiger partial charge >= 0.3 is 5.97 Å². The molecule has 4 nitrogen and oxygen atoms in total. The second-order valence-electron chi connectivity index (χ2n) is 8.36. The summed E-state index contributed by atoms with van der Waals surface area (Å²) in [6, 6.07) is 16.2. The third-order valence-electron chi connectivity index (χ3n) is 4.48. The van der Waals surface area contributed by atoms with Gasteiger partial charge in [0.2, 0.25) is 5.88 Å². The normalized spacial score (nSPS) is 11.5. The lowest BCUT2D eigenvalue weighted by atomic mass is 10.1. The van der Waals surface area contributed by atoms with Gasteiger partial charge in [-0.3, -0.25) is 4.79 Å². The molecule has 1 aromatic heterocycles. The van der Waals surface area contributed by atoms with Crippen molar-refractivity contribution in [3.63, 3.8) is 0 Å². The molecule has 0 fully saturated rings. The molecule has 5 heteroatoms. The van der Waals surface area contributed by atoms with Gasteiger partial charge in [-0.05, 0) is 59.2 Å². The maximum absolute atomic E-state index is 12.8. The zero-order valence-electron chi connectivity index (χ0n) is 17.9. The first-order chi connectivity index (χ1) is 13.6. The Kier molecular flexibility index (Phi) is 6.18. The summed E-state index contributed by atoms with van der Waals surface area (Å²) in [5.74, 6) is 0.227. The fraction of sp³-hybridized carbons (Fsp3) is 0.333. The van der Waals surface area contributed by atoms with E-state index in [2.05, 4.69) is 57.1 Å². The average molecular weight is 409 g/mol. The molecule has 0 bridgehead atoms. The van der Waals surface area contributed by atoms with Crippen LogP contribution in [0.3, 0.4) is 0 Å².